The van der Waals surface area contributed by atoms with Gasteiger partial charge in [-0.1, -0.05) is 6.07 Å². The van der Waals surface area contributed by atoms with Gasteiger partial charge in [0.1, 0.15) is 29.6 Å². The first-order valence-corrected chi connectivity index (χ1v) is 11.9. The van der Waals surface area contributed by atoms with Crippen LogP contribution in [0.3, 0.4) is 0 Å². The van der Waals surface area contributed by atoms with Gasteiger partial charge in [0.05, 0.1) is 43.3 Å². The number of H-pyrrole nitrogens is 1. The molecule has 182 valence electrons. The summed E-state index contributed by atoms with van der Waals surface area (Å²) < 4.78 is 25.0. The van der Waals surface area contributed by atoms with E-state index in [2.05, 4.69) is 36.9 Å². The number of aromatic amines is 1. The minimum Gasteiger partial charge on any atom is -0.495 e. The first kappa shape index (κ1) is 22.5. The van der Waals surface area contributed by atoms with Crippen LogP contribution >= 0.6 is 0 Å². The predicted octanol–water partition coefficient (Wildman–Crippen LogP) is 3.83. The number of halogens is 1. The Labute approximate surface area is 207 Å². The molecular formula is C27H25FN6O2. The Balaban J connectivity index is 1.30. The van der Waals surface area contributed by atoms with Gasteiger partial charge in [0, 0.05) is 48.4 Å². The molecule has 6 rings (SSSR count). The van der Waals surface area contributed by atoms with E-state index < -0.39 is 5.82 Å². The Hall–Kier alpha value is -4.00. The number of methoxy groups -OCH3 is 1. The highest BCUT2D eigenvalue weighted by molar-refractivity contribution is 5.94. The molecule has 0 atom stereocenters. The number of hydrogen-bond donors (Lipinski definition) is 1. The number of benzene rings is 2. The van der Waals surface area contributed by atoms with Gasteiger partial charge >= 0.3 is 0 Å². The number of hydrogen-bond acceptors (Lipinski definition) is 7. The fraction of sp³-hybridized carbons (Fsp3) is 0.296. The fourth-order valence-electron chi connectivity index (χ4n) is 4.95. The van der Waals surface area contributed by atoms with Gasteiger partial charge in [-0.05, 0) is 36.4 Å². The maximum Gasteiger partial charge on any atom is 0.142 e. The van der Waals surface area contributed by atoms with Crippen molar-refractivity contribution in [3.63, 3.8) is 0 Å². The van der Waals surface area contributed by atoms with E-state index in [1.54, 1.807) is 13.2 Å². The number of aromatic nitrogens is 3. The zero-order chi connectivity index (χ0) is 24.6. The summed E-state index contributed by atoms with van der Waals surface area (Å²) in [5, 5.41) is 10.0. The van der Waals surface area contributed by atoms with E-state index in [0.29, 0.717) is 22.9 Å². The van der Waals surface area contributed by atoms with E-state index in [4.69, 9.17) is 9.47 Å². The van der Waals surface area contributed by atoms with Crippen LogP contribution in [0.4, 0.5) is 10.1 Å². The number of nitrogens with zero attached hydrogens (tertiary/aromatic N) is 5. The zero-order valence-electron chi connectivity index (χ0n) is 19.9. The fourth-order valence-corrected chi connectivity index (χ4v) is 4.95. The van der Waals surface area contributed by atoms with Gasteiger partial charge in [0.25, 0.3) is 0 Å². The van der Waals surface area contributed by atoms with Crippen molar-refractivity contribution in [2.45, 2.75) is 6.04 Å². The van der Waals surface area contributed by atoms with E-state index in [1.165, 1.54) is 18.5 Å². The molecule has 1 N–H and O–H groups in total. The molecule has 4 heterocycles. The molecule has 2 aliphatic heterocycles. The molecular weight excluding hydrogens is 459 g/mol. The van der Waals surface area contributed by atoms with E-state index in [0.717, 1.165) is 67.5 Å². The Morgan fingerprint density at radius 3 is 2.58 bits per heavy atom. The maximum atomic E-state index is 13.9. The Kier molecular flexibility index (Phi) is 5.76. The predicted molar refractivity (Wildman–Crippen MR) is 134 cm³/mol. The molecule has 0 aliphatic carbocycles. The molecule has 0 spiro atoms. The molecule has 0 saturated carbocycles. The lowest BCUT2D eigenvalue weighted by Gasteiger charge is -2.43. The summed E-state index contributed by atoms with van der Waals surface area (Å²) in [6, 6.07) is 15.1. The van der Waals surface area contributed by atoms with Crippen LogP contribution in [0.5, 0.6) is 5.75 Å². The van der Waals surface area contributed by atoms with Crippen molar-refractivity contribution in [2.75, 3.05) is 51.4 Å². The van der Waals surface area contributed by atoms with Gasteiger partial charge in [-0.3, -0.25) is 4.90 Å². The van der Waals surface area contributed by atoms with Crippen LogP contribution in [-0.4, -0.2) is 72.4 Å². The number of piperazine rings is 1. The van der Waals surface area contributed by atoms with Crippen LogP contribution in [0.1, 0.15) is 5.56 Å². The first-order valence-electron chi connectivity index (χ1n) is 11.9. The highest BCUT2D eigenvalue weighted by Gasteiger charge is 2.29. The summed E-state index contributed by atoms with van der Waals surface area (Å²) in [5.74, 6) is 0.266. The second kappa shape index (κ2) is 9.22. The van der Waals surface area contributed by atoms with Crippen LogP contribution < -0.4 is 9.64 Å². The topological polar surface area (TPSA) is 90.3 Å². The molecule has 8 nitrogen and oxygen atoms in total. The van der Waals surface area contributed by atoms with Crippen molar-refractivity contribution >= 4 is 16.7 Å². The van der Waals surface area contributed by atoms with E-state index >= 15 is 0 Å². The van der Waals surface area contributed by atoms with Crippen molar-refractivity contribution in [1.82, 2.24) is 19.9 Å². The Morgan fingerprint density at radius 1 is 1.06 bits per heavy atom. The van der Waals surface area contributed by atoms with Crippen LogP contribution in [-0.2, 0) is 4.74 Å². The monoisotopic (exact) mass is 484 g/mol. The average Bonchev–Trinajstić information content (AvgIpc) is 3.33. The maximum absolute atomic E-state index is 13.9. The van der Waals surface area contributed by atoms with Gasteiger partial charge in [0.15, 0.2) is 0 Å². The second-order valence-electron chi connectivity index (χ2n) is 9.07. The molecule has 36 heavy (non-hydrogen) atoms. The van der Waals surface area contributed by atoms with Crippen LogP contribution in [0.25, 0.3) is 33.5 Å². The minimum atomic E-state index is -0.549. The van der Waals surface area contributed by atoms with Crippen LogP contribution in [0, 0.1) is 17.1 Å². The van der Waals surface area contributed by atoms with Crippen molar-refractivity contribution in [3.05, 3.63) is 60.2 Å². The largest absolute Gasteiger partial charge is 0.495 e. The third kappa shape index (κ3) is 3.94. The molecule has 0 unspecified atom stereocenters. The zero-order valence-corrected chi connectivity index (χ0v) is 19.9. The number of anilines is 1. The lowest BCUT2D eigenvalue weighted by Crippen LogP contribution is -2.56. The van der Waals surface area contributed by atoms with Crippen molar-refractivity contribution in [2.24, 2.45) is 0 Å². The molecule has 0 bridgehead atoms. The number of rotatable bonds is 5. The second-order valence-corrected chi connectivity index (χ2v) is 9.07. The molecule has 2 fully saturated rings. The van der Waals surface area contributed by atoms with E-state index in [-0.39, 0.29) is 5.56 Å². The number of nitriles is 1. The standard InChI is InChI=1S/C27H25FN6O2/c1-35-25-11-17(3-5-24(25)34-8-6-33(7-9-34)20-14-36-15-20)23-12-21-26(30-16-31-27(21)32-23)18-2-4-22(28)19(10-18)13-29/h2-5,10-12,16,20H,6-9,14-15H2,1H3,(H,30,31,32). The van der Waals surface area contributed by atoms with Crippen LogP contribution in [0.15, 0.2) is 48.8 Å². The molecule has 2 saturated heterocycles. The molecule has 0 amide bonds. The summed E-state index contributed by atoms with van der Waals surface area (Å²) in [7, 11) is 1.70. The molecule has 2 aromatic carbocycles. The average molecular weight is 485 g/mol. The highest BCUT2D eigenvalue weighted by atomic mass is 19.1. The molecule has 2 aliphatic rings. The third-order valence-electron chi connectivity index (χ3n) is 7.07. The van der Waals surface area contributed by atoms with Crippen molar-refractivity contribution < 1.29 is 13.9 Å². The van der Waals surface area contributed by atoms with Crippen molar-refractivity contribution in [1.29, 1.82) is 5.26 Å². The van der Waals surface area contributed by atoms with Gasteiger partial charge in [0.2, 0.25) is 0 Å². The molecule has 9 heteroatoms. The van der Waals surface area contributed by atoms with Gasteiger partial charge in [-0.15, -0.1) is 0 Å². The summed E-state index contributed by atoms with van der Waals surface area (Å²) in [6.07, 6.45) is 1.46. The van der Waals surface area contributed by atoms with Gasteiger partial charge < -0.3 is 19.4 Å². The van der Waals surface area contributed by atoms with Gasteiger partial charge in [-0.25, -0.2) is 14.4 Å². The number of ether oxygens (including phenoxy) is 2. The summed E-state index contributed by atoms with van der Waals surface area (Å²) >= 11 is 0. The van der Waals surface area contributed by atoms with E-state index in [9.17, 15) is 9.65 Å². The number of nitrogens with one attached hydrogen (secondary N) is 1. The molecule has 4 aromatic rings. The summed E-state index contributed by atoms with van der Waals surface area (Å²) in [4.78, 5) is 17.0. The lowest BCUT2D eigenvalue weighted by molar-refractivity contribution is -0.0660. The Morgan fingerprint density at radius 2 is 1.86 bits per heavy atom. The highest BCUT2D eigenvalue weighted by Crippen LogP contribution is 2.36. The van der Waals surface area contributed by atoms with Gasteiger partial charge in [-0.2, -0.15) is 5.26 Å². The minimum absolute atomic E-state index is 0.0165. The summed E-state index contributed by atoms with van der Waals surface area (Å²) in [5.41, 5.74) is 4.85. The molecule has 2 aromatic heterocycles. The molecule has 0 radical (unpaired) electrons. The summed E-state index contributed by atoms with van der Waals surface area (Å²) in [6.45, 7) is 5.60. The van der Waals surface area contributed by atoms with Crippen LogP contribution in [0.2, 0.25) is 0 Å². The number of fused-ring (bicyclic) bond motifs is 1. The smallest absolute Gasteiger partial charge is 0.142 e. The quantitative estimate of drug-likeness (QED) is 0.460. The lowest BCUT2D eigenvalue weighted by atomic mass is 10.0. The third-order valence-corrected chi connectivity index (χ3v) is 7.07. The van der Waals surface area contributed by atoms with Crippen molar-refractivity contribution in [3.8, 4) is 34.3 Å². The Bertz CT molecular complexity index is 1470. The normalized spacial score (nSPS) is 16.6. The van der Waals surface area contributed by atoms with E-state index in [1.807, 2.05) is 18.2 Å². The SMILES string of the molecule is COc1cc(-c2cc3c(-c4ccc(F)c(C#N)c4)ncnc3[nH]2)ccc1N1CCN(C2COC2)CC1. The first-order chi connectivity index (χ1) is 17.6.